The number of nitrogens with zero attached hydrogens (tertiary/aromatic N) is 8. The molecular weight excluding hydrogens is 1920 g/mol. The maximum atomic E-state index is 15.0. The van der Waals surface area contributed by atoms with Crippen LogP contribution in [-0.2, 0) is 110 Å². The summed E-state index contributed by atoms with van der Waals surface area (Å²) in [6.45, 7) is 0. The number of hydrogen-bond donors (Lipinski definition) is 8. The van der Waals surface area contributed by atoms with Crippen molar-refractivity contribution < 1.29 is 131 Å². The van der Waals surface area contributed by atoms with Crippen molar-refractivity contribution in [3.63, 3.8) is 0 Å². The molecule has 0 unspecified atom stereocenters. The largest absolute Gasteiger partial charge is 0.425 e. The Morgan fingerprint density at radius 2 is 0.724 bits per heavy atom. The zero-order valence-corrected chi connectivity index (χ0v) is 74.2. The number of unbranched alkanes of at least 4 members (excludes halogenated alkanes) is 1. The van der Waals surface area contributed by atoms with E-state index in [0.717, 1.165) is 41.0 Å². The highest BCUT2D eigenvalue weighted by molar-refractivity contribution is 7.86. The minimum Gasteiger partial charge on any atom is -0.424 e. The molecule has 2 aliphatic rings. The molecule has 0 spiro atoms. The molecule has 10 aromatic carbocycles. The molecule has 0 radical (unpaired) electrons. The number of pyridine rings is 2. The number of ether oxygens (including phenoxy) is 2. The van der Waals surface area contributed by atoms with E-state index >= 15 is 0 Å². The third kappa shape index (κ3) is 22.6. The number of benzene rings is 10. The van der Waals surface area contributed by atoms with Crippen LogP contribution in [0.4, 0.5) is 46.0 Å². The summed E-state index contributed by atoms with van der Waals surface area (Å²) >= 11 is 0. The Kier molecular flexibility index (Phi) is 29.3. The summed E-state index contributed by atoms with van der Waals surface area (Å²) in [5.41, 5.74) is -1.03. The molecule has 2 aliphatic carbocycles. The van der Waals surface area contributed by atoms with Gasteiger partial charge in [0.05, 0.1) is 65.8 Å². The SMILES string of the molecule is Cn1c(=O)c(C(=O)c2ccccc2)c2c3c(c(Nc4ccc(S(=O)(=O)O)c(Nc5nc(CCCCc6nc(Nc7ccc(S(=O)(=O)O)c(Nc8ccc9c%10c8C(=O)c8ccccc8-c%10c(C(=O)c8cccc(S(=O)(=O)O)c8)c(=O)n9C)c7)nc(Oc7ccc(S(=O)(=O)O)cc7)n6)nc(Oc6ccccc6)n5)c4)ccc31)C(=O)c1ccccc1-2.O=S(=O)=O.O=S(=O)=O.O=S(=O)=O.O=S(=O)=O. The Labute approximate surface area is 760 Å². The van der Waals surface area contributed by atoms with Crippen LogP contribution >= 0.6 is 0 Å². The van der Waals surface area contributed by atoms with E-state index in [1.54, 1.807) is 103 Å². The van der Waals surface area contributed by atoms with Gasteiger partial charge in [0.2, 0.25) is 11.9 Å². The summed E-state index contributed by atoms with van der Waals surface area (Å²) in [5, 5.41) is 12.5. The first-order valence-corrected chi connectivity index (χ1v) is 47.3. The molecular formula is C82H58N12O32S8. The number of ketones is 4. The summed E-state index contributed by atoms with van der Waals surface area (Å²) in [6.07, 6.45) is 0.582. The predicted molar refractivity (Wildman–Crippen MR) is 469 cm³/mol. The summed E-state index contributed by atoms with van der Waals surface area (Å²) < 4.78 is 259. The lowest BCUT2D eigenvalue weighted by atomic mass is 9.80. The van der Waals surface area contributed by atoms with Crippen LogP contribution in [0.5, 0.6) is 23.5 Å². The molecule has 0 aliphatic heterocycles. The number of rotatable bonds is 25. The third-order valence-corrected chi connectivity index (χ3v) is 23.1. The van der Waals surface area contributed by atoms with E-state index in [0.29, 0.717) is 22.2 Å². The standard InChI is InChI=1S/C82H58N12O20S4.4O3S/c1-93-59-36-34-55(67-69(59)65(51-22-9-11-24-53(51)75(67)97)71(77(93)99)73(95)43-16-5-3-6-17-43)83-45-28-38-62(118(110,111)112)58(41-45)86-80-88-64(90-82(92-80)113-47-19-7-4-8-20-47)27-14-13-26-63-87-79(91-81(89-63)114-48-30-32-49(33-31-48)115(101,102)103)84-46-29-39-61(117(107,108)109)57(42-46)85-56-35-37-60-70-66(52-23-10-12-25-54(52)76(98)68(56)70)72(78(100)94(60)2)74(96)44-18-15-21-50(40-44)116(104,105)106;4*1-4(2)3/h3-12,15-25,28-42,83,85H,13-14,26-27H2,1-2H3,(H,101,102,103)(H,104,105,106)(H,107,108,109)(H,110,111,112)(H,84,87,89,91)(H,86,88,90,92);;;;. The van der Waals surface area contributed by atoms with E-state index in [-0.39, 0.29) is 168 Å². The number of para-hydroxylation sites is 1. The third-order valence-electron chi connectivity index (χ3n) is 19.6. The van der Waals surface area contributed by atoms with Crippen molar-refractivity contribution in [1.29, 1.82) is 0 Å². The van der Waals surface area contributed by atoms with Gasteiger partial charge in [-0.3, -0.25) is 47.0 Å². The van der Waals surface area contributed by atoms with Crippen molar-refractivity contribution in [2.24, 2.45) is 14.1 Å². The molecule has 4 aromatic heterocycles. The first-order chi connectivity index (χ1) is 63.2. The van der Waals surface area contributed by atoms with Crippen LogP contribution in [0.1, 0.15) is 88.2 Å². The van der Waals surface area contributed by atoms with Crippen LogP contribution in [-0.4, -0.2) is 165 Å². The second-order valence-corrected chi connectivity index (χ2v) is 35.1. The first-order valence-electron chi connectivity index (χ1n) is 37.5. The van der Waals surface area contributed by atoms with Gasteiger partial charge in [0.25, 0.3) is 51.6 Å². The van der Waals surface area contributed by atoms with Gasteiger partial charge in [-0.25, -0.2) is 0 Å². The van der Waals surface area contributed by atoms with E-state index in [4.69, 9.17) is 60.0 Å². The highest BCUT2D eigenvalue weighted by atomic mass is 32.2. The molecule has 0 saturated carbocycles. The van der Waals surface area contributed by atoms with Crippen molar-refractivity contribution in [2.75, 3.05) is 21.3 Å². The monoisotopic (exact) mass is 1980 g/mol. The molecule has 686 valence electrons. The van der Waals surface area contributed by atoms with E-state index in [1.165, 1.54) is 97.5 Å². The van der Waals surface area contributed by atoms with Crippen LogP contribution in [0.2, 0.25) is 0 Å². The summed E-state index contributed by atoms with van der Waals surface area (Å²) in [6, 6.07) is 50.9. The number of fused-ring (bicyclic) bond motifs is 4. The van der Waals surface area contributed by atoms with Gasteiger partial charge in [-0.15, -0.1) is 50.5 Å². The van der Waals surface area contributed by atoms with Gasteiger partial charge in [-0.1, -0.05) is 109 Å². The summed E-state index contributed by atoms with van der Waals surface area (Å²) in [7, 11) is -29.2. The molecule has 0 bridgehead atoms. The second-order valence-electron chi connectivity index (χ2n) is 27.8. The lowest BCUT2D eigenvalue weighted by Crippen LogP contribution is -2.29. The predicted octanol–water partition coefficient (Wildman–Crippen LogP) is 8.74. The number of aryl methyl sites for hydroxylation is 4. The quantitative estimate of drug-likeness (QED) is 0.0150. The van der Waals surface area contributed by atoms with Gasteiger partial charge in [-0.05, 0) is 133 Å². The van der Waals surface area contributed by atoms with Gasteiger partial charge in [0.1, 0.15) is 32.9 Å². The summed E-state index contributed by atoms with van der Waals surface area (Å²) in [4.78, 5) is 113. The van der Waals surface area contributed by atoms with Crippen molar-refractivity contribution in [3.8, 4) is 45.8 Å². The number of hydrogen-bond acceptors (Lipinski definition) is 38. The summed E-state index contributed by atoms with van der Waals surface area (Å²) in [5.74, 6) is -2.69. The average Bonchev–Trinajstić information content (AvgIpc) is 0.708. The fourth-order valence-electron chi connectivity index (χ4n) is 14.2. The van der Waals surface area contributed by atoms with E-state index in [1.807, 2.05) is 0 Å². The van der Waals surface area contributed by atoms with Gasteiger partial charge >= 0.3 is 54.5 Å². The number of carbonyl (C=O) groups is 4. The first kappa shape index (κ1) is 97.3. The molecule has 8 N–H and O–H groups in total. The van der Waals surface area contributed by atoms with Gasteiger partial charge in [-0.2, -0.15) is 63.6 Å². The number of anilines is 8. The second kappa shape index (κ2) is 40.3. The fourth-order valence-corrected chi connectivity index (χ4v) is 16.5. The smallest absolute Gasteiger partial charge is 0.424 e. The molecule has 44 nitrogen and oxygen atoms in total. The molecule has 0 atom stereocenters. The minimum atomic E-state index is -5.13. The normalized spacial score (nSPS) is 11.6. The minimum absolute atomic E-state index is 0.00958. The van der Waals surface area contributed by atoms with E-state index in [9.17, 15) is 80.6 Å². The lowest BCUT2D eigenvalue weighted by molar-refractivity contribution is 0.102. The Hall–Kier alpha value is -15.8. The molecule has 4 heterocycles. The van der Waals surface area contributed by atoms with Crippen molar-refractivity contribution in [3.05, 3.63) is 295 Å². The molecule has 0 amide bonds. The van der Waals surface area contributed by atoms with Gasteiger partial charge < -0.3 is 39.9 Å². The highest BCUT2D eigenvalue weighted by Gasteiger charge is 2.38. The molecule has 0 fully saturated rings. The maximum absolute atomic E-state index is 15.0. The molecule has 52 heteroatoms. The van der Waals surface area contributed by atoms with Gasteiger partial charge in [0, 0.05) is 82.5 Å². The topological polar surface area (TPSA) is 679 Å². The molecule has 14 aromatic rings. The van der Waals surface area contributed by atoms with Crippen LogP contribution in [0.15, 0.2) is 248 Å². The van der Waals surface area contributed by atoms with Crippen molar-refractivity contribution in [1.82, 2.24) is 39.0 Å². The molecule has 134 heavy (non-hydrogen) atoms. The van der Waals surface area contributed by atoms with Crippen LogP contribution in [0, 0.1) is 0 Å². The van der Waals surface area contributed by atoms with Crippen LogP contribution < -0.4 is 41.9 Å². The Bertz CT molecular complexity index is 8270. The van der Waals surface area contributed by atoms with Crippen molar-refractivity contribution >= 4 is 174 Å². The van der Waals surface area contributed by atoms with Gasteiger partial charge in [0.15, 0.2) is 23.1 Å². The molecule has 16 rings (SSSR count). The van der Waals surface area contributed by atoms with Crippen molar-refractivity contribution in [2.45, 2.75) is 45.3 Å². The van der Waals surface area contributed by atoms with E-state index in [2.05, 4.69) is 51.2 Å². The molecule has 0 saturated heterocycles. The van der Waals surface area contributed by atoms with E-state index < -0.39 is 142 Å². The fraction of sp³-hybridized carbons (Fsp3) is 0.0732. The Morgan fingerprint density at radius 1 is 0.351 bits per heavy atom. The highest BCUT2D eigenvalue weighted by Crippen LogP contribution is 2.48. The lowest BCUT2D eigenvalue weighted by Gasteiger charge is -2.26. The maximum Gasteiger partial charge on any atom is 0.425 e. The van der Waals surface area contributed by atoms with Crippen LogP contribution in [0.25, 0.3) is 44.1 Å². The number of nitrogens with one attached hydrogen (secondary N) is 4. The Balaban J connectivity index is 0.000000937. The zero-order chi connectivity index (χ0) is 97.3. The number of carbonyl (C=O) groups excluding carboxylic acids is 4. The zero-order valence-electron chi connectivity index (χ0n) is 67.7. The van der Waals surface area contributed by atoms with Crippen LogP contribution in [0.3, 0.4) is 0 Å². The Morgan fingerprint density at radius 3 is 1.16 bits per heavy atom. The number of aromatic nitrogens is 8. The average molecular weight is 1980 g/mol.